The number of hydrogen-bond acceptors (Lipinski definition) is 4. The quantitative estimate of drug-likeness (QED) is 0.581. The highest BCUT2D eigenvalue weighted by atomic mass is 32.2. The van der Waals surface area contributed by atoms with Crippen LogP contribution in [-0.4, -0.2) is 54.7 Å². The number of aryl methyl sites for hydroxylation is 1. The van der Waals surface area contributed by atoms with Crippen LogP contribution in [0.15, 0.2) is 41.5 Å². The van der Waals surface area contributed by atoms with E-state index >= 15 is 0 Å². The van der Waals surface area contributed by atoms with E-state index in [4.69, 9.17) is 0 Å². The van der Waals surface area contributed by atoms with Crippen LogP contribution in [0.5, 0.6) is 0 Å². The molecule has 0 aliphatic carbocycles. The van der Waals surface area contributed by atoms with Gasteiger partial charge in [-0.15, -0.1) is 0 Å². The number of pyridine rings is 1. The lowest BCUT2D eigenvalue weighted by atomic mass is 9.83. The van der Waals surface area contributed by atoms with Crippen LogP contribution in [0.1, 0.15) is 43.1 Å². The number of nitrogens with one attached hydrogen (secondary N) is 2. The molecule has 0 unspecified atom stereocenters. The molecule has 0 saturated carbocycles. The highest BCUT2D eigenvalue weighted by Gasteiger charge is 2.30. The Bertz CT molecular complexity index is 1410. The number of hydrogen-bond donors (Lipinski definition) is 2. The van der Waals surface area contributed by atoms with Crippen molar-refractivity contribution in [2.24, 2.45) is 13.0 Å². The van der Waals surface area contributed by atoms with E-state index in [1.165, 1.54) is 0 Å². The van der Waals surface area contributed by atoms with Gasteiger partial charge in [0.05, 0.1) is 17.3 Å². The van der Waals surface area contributed by atoms with Gasteiger partial charge in [-0.1, -0.05) is 20.8 Å². The zero-order chi connectivity index (χ0) is 24.8. The van der Waals surface area contributed by atoms with Gasteiger partial charge in [-0.05, 0) is 53.1 Å². The number of carbonyl (C=O) groups excluding carboxylic acids is 1. The maximum Gasteiger partial charge on any atom is 0.256 e. The summed E-state index contributed by atoms with van der Waals surface area (Å²) in [6.45, 7) is 7.77. The molecule has 4 rings (SSSR count). The van der Waals surface area contributed by atoms with Crippen molar-refractivity contribution in [1.29, 1.82) is 0 Å². The topological polar surface area (TPSA) is 104 Å². The number of rotatable bonds is 5. The molecule has 9 heteroatoms. The average molecular weight is 485 g/mol. The second-order valence-corrected chi connectivity index (χ2v) is 12.1. The number of amides is 1. The third-order valence-electron chi connectivity index (χ3n) is 6.45. The molecular formula is C25H32N4O4S. The summed E-state index contributed by atoms with van der Waals surface area (Å²) in [6, 6.07) is 7.56. The lowest BCUT2D eigenvalue weighted by Crippen LogP contribution is -2.32. The number of aromatic nitrogens is 2. The number of nitrogens with zero attached hydrogens (tertiary/aromatic N) is 2. The first-order chi connectivity index (χ1) is 15.8. The Kier molecular flexibility index (Phi) is 6.20. The van der Waals surface area contributed by atoms with E-state index in [2.05, 4.69) is 30.5 Å². The van der Waals surface area contributed by atoms with Gasteiger partial charge in [-0.25, -0.2) is 13.1 Å². The van der Waals surface area contributed by atoms with Crippen molar-refractivity contribution in [3.63, 3.8) is 0 Å². The molecule has 0 spiro atoms. The van der Waals surface area contributed by atoms with Crippen LogP contribution in [0.3, 0.4) is 0 Å². The van der Waals surface area contributed by atoms with Crippen LogP contribution in [-0.2, 0) is 22.5 Å². The summed E-state index contributed by atoms with van der Waals surface area (Å²) < 4.78 is 27.4. The highest BCUT2D eigenvalue weighted by molar-refractivity contribution is 7.88. The van der Waals surface area contributed by atoms with Gasteiger partial charge in [0, 0.05) is 50.0 Å². The molecule has 34 heavy (non-hydrogen) atoms. The monoisotopic (exact) mass is 484 g/mol. The van der Waals surface area contributed by atoms with E-state index < -0.39 is 10.0 Å². The van der Waals surface area contributed by atoms with Gasteiger partial charge in [0.25, 0.3) is 11.5 Å². The first-order valence-electron chi connectivity index (χ1n) is 11.4. The van der Waals surface area contributed by atoms with Crippen LogP contribution >= 0.6 is 0 Å². The van der Waals surface area contributed by atoms with E-state index in [-0.39, 0.29) is 22.8 Å². The summed E-state index contributed by atoms with van der Waals surface area (Å²) in [7, 11) is -1.33. The summed E-state index contributed by atoms with van der Waals surface area (Å²) >= 11 is 0. The standard InChI is InChI=1S/C25H32N4O4S/c1-25(2,3)21-12-17(18-7-6-9-26-23(18)30)11-19-20(15-28(4)22(19)21)24(31)29-10-8-16(14-29)13-27-34(5,32)33/h6-7,9,11-12,15-16,27H,8,10,13-14H2,1-5H3,(H,26,30)/t16-/m1/s1. The van der Waals surface area contributed by atoms with Gasteiger partial charge >= 0.3 is 0 Å². The zero-order valence-corrected chi connectivity index (χ0v) is 21.1. The molecule has 2 N–H and O–H groups in total. The van der Waals surface area contributed by atoms with Crippen molar-refractivity contribution in [3.8, 4) is 11.1 Å². The second-order valence-electron chi connectivity index (χ2n) is 10.3. The number of fused-ring (bicyclic) bond motifs is 1. The van der Waals surface area contributed by atoms with Gasteiger partial charge in [-0.3, -0.25) is 9.59 Å². The normalized spacial score (nSPS) is 17.0. The van der Waals surface area contributed by atoms with Crippen molar-refractivity contribution in [1.82, 2.24) is 19.2 Å². The molecular weight excluding hydrogens is 452 g/mol. The molecule has 3 heterocycles. The van der Waals surface area contributed by atoms with Gasteiger partial charge in [-0.2, -0.15) is 0 Å². The van der Waals surface area contributed by atoms with Gasteiger partial charge in [0.15, 0.2) is 0 Å². The summed E-state index contributed by atoms with van der Waals surface area (Å²) in [5.41, 5.74) is 3.57. The predicted octanol–water partition coefficient (Wildman–Crippen LogP) is 2.84. The maximum atomic E-state index is 13.6. The number of aromatic amines is 1. The van der Waals surface area contributed by atoms with Crippen molar-refractivity contribution in [2.75, 3.05) is 25.9 Å². The molecule has 1 aliphatic rings. The molecule has 0 radical (unpaired) electrons. The van der Waals surface area contributed by atoms with Crippen LogP contribution in [0, 0.1) is 5.92 Å². The number of likely N-dealkylation sites (tertiary alicyclic amines) is 1. The summed E-state index contributed by atoms with van der Waals surface area (Å²) in [4.78, 5) is 30.7. The Morgan fingerprint density at radius 3 is 2.65 bits per heavy atom. The molecule has 0 bridgehead atoms. The van der Waals surface area contributed by atoms with Crippen molar-refractivity contribution >= 4 is 26.8 Å². The van der Waals surface area contributed by atoms with Crippen LogP contribution in [0.2, 0.25) is 0 Å². The molecule has 1 fully saturated rings. The van der Waals surface area contributed by atoms with E-state index in [1.807, 2.05) is 29.9 Å². The smallest absolute Gasteiger partial charge is 0.256 e. The lowest BCUT2D eigenvalue weighted by Gasteiger charge is -2.22. The Balaban J connectivity index is 1.77. The fourth-order valence-corrected chi connectivity index (χ4v) is 5.26. The van der Waals surface area contributed by atoms with E-state index in [0.29, 0.717) is 30.8 Å². The fourth-order valence-electron chi connectivity index (χ4n) is 4.72. The highest BCUT2D eigenvalue weighted by Crippen LogP contribution is 2.37. The average Bonchev–Trinajstić information content (AvgIpc) is 3.35. The van der Waals surface area contributed by atoms with Crippen molar-refractivity contribution in [2.45, 2.75) is 32.6 Å². The first kappa shape index (κ1) is 24.2. The van der Waals surface area contributed by atoms with Gasteiger partial charge in [0.2, 0.25) is 10.0 Å². The van der Waals surface area contributed by atoms with Crippen LogP contribution < -0.4 is 10.3 Å². The number of sulfonamides is 1. The van der Waals surface area contributed by atoms with Crippen molar-refractivity contribution < 1.29 is 13.2 Å². The minimum atomic E-state index is -3.27. The largest absolute Gasteiger partial charge is 0.349 e. The lowest BCUT2D eigenvalue weighted by molar-refractivity contribution is 0.0789. The number of benzene rings is 1. The van der Waals surface area contributed by atoms with E-state index in [9.17, 15) is 18.0 Å². The molecule has 1 aliphatic heterocycles. The Morgan fingerprint density at radius 1 is 1.26 bits per heavy atom. The van der Waals surface area contributed by atoms with Crippen LogP contribution in [0.25, 0.3) is 22.0 Å². The van der Waals surface area contributed by atoms with Gasteiger partial charge < -0.3 is 14.5 Å². The fraction of sp³-hybridized carbons (Fsp3) is 0.440. The first-order valence-corrected chi connectivity index (χ1v) is 13.3. The number of H-pyrrole nitrogens is 1. The third kappa shape index (κ3) is 4.81. The minimum Gasteiger partial charge on any atom is -0.349 e. The molecule has 1 aromatic carbocycles. The summed E-state index contributed by atoms with van der Waals surface area (Å²) in [6.07, 6.45) is 5.36. The zero-order valence-electron chi connectivity index (χ0n) is 20.3. The Hall–Kier alpha value is -2.91. The Labute approximate surface area is 200 Å². The molecule has 1 atom stereocenters. The van der Waals surface area contributed by atoms with Gasteiger partial charge in [0.1, 0.15) is 0 Å². The van der Waals surface area contributed by atoms with E-state index in [1.54, 1.807) is 23.2 Å². The number of carbonyl (C=O) groups is 1. The molecule has 2 aromatic heterocycles. The second kappa shape index (κ2) is 8.70. The molecule has 3 aromatic rings. The summed E-state index contributed by atoms with van der Waals surface area (Å²) in [5.74, 6) is 0.00339. The molecule has 8 nitrogen and oxygen atoms in total. The maximum absolute atomic E-state index is 13.6. The molecule has 1 saturated heterocycles. The Morgan fingerprint density at radius 2 is 2.00 bits per heavy atom. The summed E-state index contributed by atoms with van der Waals surface area (Å²) in [5, 5.41) is 0.816. The third-order valence-corrected chi connectivity index (χ3v) is 7.14. The van der Waals surface area contributed by atoms with E-state index in [0.717, 1.165) is 34.7 Å². The molecule has 1 amide bonds. The molecule has 182 valence electrons. The van der Waals surface area contributed by atoms with Crippen molar-refractivity contribution in [3.05, 3.63) is 58.1 Å². The SMILES string of the molecule is Cn1cc(C(=O)N2CC[C@H](CNS(C)(=O)=O)C2)c2cc(-c3ccc[nH]c3=O)cc(C(C)(C)C)c21. The minimum absolute atomic E-state index is 0.0774. The van der Waals surface area contributed by atoms with Crippen LogP contribution in [0.4, 0.5) is 0 Å². The predicted molar refractivity (Wildman–Crippen MR) is 135 cm³/mol.